The first kappa shape index (κ1) is 15.2. The number of fused-ring (bicyclic) bond motifs is 1. The van der Waals surface area contributed by atoms with Crippen LogP contribution in [0.15, 0.2) is 40.1 Å². The maximum atomic E-state index is 13.0. The second-order valence-electron chi connectivity index (χ2n) is 6.43. The average Bonchev–Trinajstić information content (AvgIpc) is 3.29. The number of thioether (sulfide) groups is 1. The van der Waals surface area contributed by atoms with Crippen molar-refractivity contribution in [3.63, 3.8) is 0 Å². The van der Waals surface area contributed by atoms with Crippen LogP contribution in [0.5, 0.6) is 0 Å². The fourth-order valence-corrected chi connectivity index (χ4v) is 5.41. The first-order valence-corrected chi connectivity index (χ1v) is 10.1. The number of carbonyl (C=O) groups is 1. The monoisotopic (exact) mass is 344 g/mol. The second kappa shape index (κ2) is 6.65. The molecule has 1 saturated carbocycles. The Morgan fingerprint density at radius 2 is 2.04 bits per heavy atom. The van der Waals surface area contributed by atoms with Gasteiger partial charge in [0.25, 0.3) is 5.91 Å². The smallest absolute Gasteiger partial charge is 0.255 e. The van der Waals surface area contributed by atoms with Crippen molar-refractivity contribution in [2.24, 2.45) is 11.8 Å². The Kier molecular flexibility index (Phi) is 4.40. The average molecular weight is 345 g/mol. The molecule has 0 bridgehead atoms. The third-order valence-corrected chi connectivity index (χ3v) is 6.73. The summed E-state index contributed by atoms with van der Waals surface area (Å²) in [4.78, 5) is 20.4. The van der Waals surface area contributed by atoms with Crippen LogP contribution in [0, 0.1) is 11.8 Å². The molecule has 2 atom stereocenters. The number of hydrogen-bond donors (Lipinski definition) is 0. The van der Waals surface area contributed by atoms with Crippen LogP contribution in [-0.4, -0.2) is 28.9 Å². The Bertz CT molecular complexity index is 674. The van der Waals surface area contributed by atoms with Gasteiger partial charge in [0.2, 0.25) is 0 Å². The van der Waals surface area contributed by atoms with Crippen LogP contribution in [0.3, 0.4) is 0 Å². The molecule has 1 aromatic carbocycles. The number of thiazole rings is 1. The molecule has 5 heteroatoms. The van der Waals surface area contributed by atoms with Gasteiger partial charge in [0.05, 0.1) is 16.8 Å². The van der Waals surface area contributed by atoms with Gasteiger partial charge in [-0.05, 0) is 36.8 Å². The summed E-state index contributed by atoms with van der Waals surface area (Å²) in [5, 5.41) is 2.07. The lowest BCUT2D eigenvalue weighted by atomic mass is 10.0. The minimum atomic E-state index is 0.209. The molecule has 1 aliphatic heterocycles. The molecule has 1 amide bonds. The van der Waals surface area contributed by atoms with Gasteiger partial charge in [0.15, 0.2) is 0 Å². The molecule has 1 saturated heterocycles. The Labute approximate surface area is 145 Å². The lowest BCUT2D eigenvalue weighted by Gasteiger charge is -2.19. The highest BCUT2D eigenvalue weighted by molar-refractivity contribution is 7.98. The Hall–Kier alpha value is -1.33. The van der Waals surface area contributed by atoms with E-state index in [9.17, 15) is 4.79 Å². The van der Waals surface area contributed by atoms with E-state index in [1.165, 1.54) is 19.3 Å². The maximum Gasteiger partial charge on any atom is 0.255 e. The van der Waals surface area contributed by atoms with E-state index in [0.717, 1.165) is 46.8 Å². The van der Waals surface area contributed by atoms with Gasteiger partial charge in [-0.25, -0.2) is 4.98 Å². The quantitative estimate of drug-likeness (QED) is 0.775. The molecular formula is C18H20N2OS2. The Balaban J connectivity index is 1.48. The summed E-state index contributed by atoms with van der Waals surface area (Å²) in [6.07, 6.45) is 3.95. The molecule has 0 N–H and O–H groups in total. The molecule has 1 aliphatic carbocycles. The number of benzene rings is 1. The van der Waals surface area contributed by atoms with Crippen molar-refractivity contribution in [3.05, 3.63) is 46.4 Å². The van der Waals surface area contributed by atoms with Crippen LogP contribution in [0.4, 0.5) is 0 Å². The Morgan fingerprint density at radius 1 is 1.26 bits per heavy atom. The van der Waals surface area contributed by atoms with Crippen LogP contribution in [0.2, 0.25) is 0 Å². The van der Waals surface area contributed by atoms with E-state index in [0.29, 0.717) is 0 Å². The summed E-state index contributed by atoms with van der Waals surface area (Å²) in [6, 6.07) is 8.01. The predicted molar refractivity (Wildman–Crippen MR) is 94.9 cm³/mol. The number of hydrogen-bond acceptors (Lipinski definition) is 4. The fraction of sp³-hybridized carbons (Fsp3) is 0.444. The molecular weight excluding hydrogens is 324 g/mol. The van der Waals surface area contributed by atoms with E-state index in [4.69, 9.17) is 0 Å². The summed E-state index contributed by atoms with van der Waals surface area (Å²) in [5.41, 5.74) is 3.79. The van der Waals surface area contributed by atoms with Crippen LogP contribution >= 0.6 is 23.1 Å². The van der Waals surface area contributed by atoms with E-state index in [1.807, 2.05) is 23.7 Å². The number of nitrogens with zero attached hydrogens (tertiary/aromatic N) is 2. The molecule has 2 unspecified atom stereocenters. The topological polar surface area (TPSA) is 33.2 Å². The van der Waals surface area contributed by atoms with Crippen molar-refractivity contribution in [3.8, 4) is 0 Å². The number of aromatic nitrogens is 1. The van der Waals surface area contributed by atoms with Gasteiger partial charge in [0, 0.05) is 29.1 Å². The van der Waals surface area contributed by atoms with Crippen LogP contribution in [-0.2, 0) is 5.75 Å². The molecule has 2 aromatic rings. The lowest BCUT2D eigenvalue weighted by molar-refractivity contribution is 0.0777. The van der Waals surface area contributed by atoms with Crippen LogP contribution < -0.4 is 0 Å². The summed E-state index contributed by atoms with van der Waals surface area (Å²) < 4.78 is 0. The fourth-order valence-electron chi connectivity index (χ4n) is 3.80. The number of amides is 1. The van der Waals surface area contributed by atoms with Crippen molar-refractivity contribution in [2.45, 2.75) is 29.9 Å². The second-order valence-corrected chi connectivity index (χ2v) is 8.16. The predicted octanol–water partition coefficient (Wildman–Crippen LogP) is 4.31. The van der Waals surface area contributed by atoms with Gasteiger partial charge < -0.3 is 4.90 Å². The van der Waals surface area contributed by atoms with Crippen LogP contribution in [0.1, 0.15) is 35.3 Å². The van der Waals surface area contributed by atoms with Crippen molar-refractivity contribution >= 4 is 29.0 Å². The molecule has 120 valence electrons. The third kappa shape index (κ3) is 3.17. The minimum Gasteiger partial charge on any atom is -0.338 e. The van der Waals surface area contributed by atoms with E-state index in [-0.39, 0.29) is 5.91 Å². The minimum absolute atomic E-state index is 0.209. The zero-order valence-corrected chi connectivity index (χ0v) is 14.6. The van der Waals surface area contributed by atoms with E-state index in [2.05, 4.69) is 21.3 Å². The largest absolute Gasteiger partial charge is 0.338 e. The molecule has 2 fully saturated rings. The molecule has 4 rings (SSSR count). The first-order chi connectivity index (χ1) is 11.3. The van der Waals surface area contributed by atoms with Crippen molar-refractivity contribution < 1.29 is 4.79 Å². The van der Waals surface area contributed by atoms with Gasteiger partial charge in [-0.1, -0.05) is 18.6 Å². The van der Waals surface area contributed by atoms with Gasteiger partial charge >= 0.3 is 0 Å². The summed E-state index contributed by atoms with van der Waals surface area (Å²) >= 11 is 3.33. The molecule has 3 nitrogen and oxygen atoms in total. The van der Waals surface area contributed by atoms with E-state index >= 15 is 0 Å². The highest BCUT2D eigenvalue weighted by atomic mass is 32.2. The number of carbonyl (C=O) groups excluding carboxylic acids is 1. The summed E-state index contributed by atoms with van der Waals surface area (Å²) in [6.45, 7) is 1.91. The van der Waals surface area contributed by atoms with Crippen molar-refractivity contribution in [1.82, 2.24) is 9.88 Å². The van der Waals surface area contributed by atoms with Gasteiger partial charge in [-0.3, -0.25) is 4.79 Å². The third-order valence-electron chi connectivity index (χ3n) is 4.99. The van der Waals surface area contributed by atoms with Crippen molar-refractivity contribution in [2.75, 3.05) is 13.1 Å². The van der Waals surface area contributed by atoms with Crippen molar-refractivity contribution in [1.29, 1.82) is 0 Å². The molecule has 0 radical (unpaired) electrons. The van der Waals surface area contributed by atoms with E-state index in [1.54, 1.807) is 23.1 Å². The standard InChI is InChI=1S/C18H20N2OS2/c21-18(20-8-13-4-3-5-14(13)9-20)16-6-1-2-7-17(16)23-11-15-10-22-12-19-15/h1-2,6-7,10,12-14H,3-5,8-9,11H2. The van der Waals surface area contributed by atoms with Crippen LogP contribution in [0.25, 0.3) is 0 Å². The molecule has 1 aromatic heterocycles. The van der Waals surface area contributed by atoms with E-state index < -0.39 is 0 Å². The molecule has 23 heavy (non-hydrogen) atoms. The molecule has 2 aliphatic rings. The van der Waals surface area contributed by atoms with Gasteiger partial charge in [-0.2, -0.15) is 0 Å². The number of rotatable bonds is 4. The first-order valence-electron chi connectivity index (χ1n) is 8.19. The highest BCUT2D eigenvalue weighted by Gasteiger charge is 2.38. The normalized spacial score (nSPS) is 23.2. The highest BCUT2D eigenvalue weighted by Crippen LogP contribution is 2.38. The summed E-state index contributed by atoms with van der Waals surface area (Å²) in [5.74, 6) is 2.52. The zero-order chi connectivity index (χ0) is 15.6. The number of likely N-dealkylation sites (tertiary alicyclic amines) is 1. The summed E-state index contributed by atoms with van der Waals surface area (Å²) in [7, 11) is 0. The maximum absolute atomic E-state index is 13.0. The van der Waals surface area contributed by atoms with Gasteiger partial charge in [-0.15, -0.1) is 23.1 Å². The van der Waals surface area contributed by atoms with Gasteiger partial charge in [0.1, 0.15) is 0 Å². The molecule has 0 spiro atoms. The Morgan fingerprint density at radius 3 is 2.78 bits per heavy atom. The molecule has 2 heterocycles. The zero-order valence-electron chi connectivity index (χ0n) is 13.0. The SMILES string of the molecule is O=C(c1ccccc1SCc1cscn1)N1CC2CCCC2C1. The lowest BCUT2D eigenvalue weighted by Crippen LogP contribution is -2.29.